The van der Waals surface area contributed by atoms with Gasteiger partial charge in [-0.15, -0.1) is 0 Å². The lowest BCUT2D eigenvalue weighted by Crippen LogP contribution is -2.49. The molecule has 1 atom stereocenters. The van der Waals surface area contributed by atoms with Crippen molar-refractivity contribution >= 4 is 45.9 Å². The van der Waals surface area contributed by atoms with Crippen LogP contribution in [0.3, 0.4) is 0 Å². The van der Waals surface area contributed by atoms with Crippen molar-refractivity contribution in [3.63, 3.8) is 0 Å². The third-order valence-electron chi connectivity index (χ3n) is 7.49. The van der Waals surface area contributed by atoms with Crippen LogP contribution in [0.25, 0.3) is 11.0 Å². The van der Waals surface area contributed by atoms with E-state index in [0.29, 0.717) is 29.3 Å². The Hall–Kier alpha value is -4.29. The van der Waals surface area contributed by atoms with Crippen LogP contribution in [0.2, 0.25) is 5.02 Å². The summed E-state index contributed by atoms with van der Waals surface area (Å²) in [4.78, 5) is 43.5. The van der Waals surface area contributed by atoms with Crippen molar-refractivity contribution in [2.24, 2.45) is 0 Å². The summed E-state index contributed by atoms with van der Waals surface area (Å²) in [5.41, 5.74) is 1.44. The SMILES string of the molecule is Cc1cc2cc(NC(N[C@H]3CCCCN(CC(=O)N4CCCC4)C3=O)=C(C#N)C(=O)c3ccc(Cl)cc3)ccc2o1. The van der Waals surface area contributed by atoms with Gasteiger partial charge in [-0.25, -0.2) is 0 Å². The predicted molar refractivity (Wildman–Crippen MR) is 156 cm³/mol. The Morgan fingerprint density at radius 3 is 2.51 bits per heavy atom. The summed E-state index contributed by atoms with van der Waals surface area (Å²) >= 11 is 6.01. The molecule has 212 valence electrons. The molecule has 2 amide bonds. The standard InChI is InChI=1S/C31H32ClN5O4/c1-20-16-22-17-24(11-12-27(22)41-20)34-30(25(18-33)29(39)21-7-9-23(32)10-8-21)35-26-6-2-3-15-37(31(26)40)19-28(38)36-13-4-5-14-36/h7-12,16-17,26,34-35H,2-6,13-15,19H2,1H3/t26-/m0/s1. The van der Waals surface area contributed by atoms with E-state index in [1.165, 1.54) is 0 Å². The van der Waals surface area contributed by atoms with Crippen LogP contribution in [0.15, 0.2) is 64.3 Å². The summed E-state index contributed by atoms with van der Waals surface area (Å²) < 4.78 is 5.68. The van der Waals surface area contributed by atoms with Gasteiger partial charge < -0.3 is 24.9 Å². The number of fused-ring (bicyclic) bond motifs is 1. The van der Waals surface area contributed by atoms with Crippen molar-refractivity contribution in [1.82, 2.24) is 15.1 Å². The number of likely N-dealkylation sites (tertiary alicyclic amines) is 2. The topological polar surface area (TPSA) is 119 Å². The molecule has 5 rings (SSSR count). The van der Waals surface area contributed by atoms with E-state index >= 15 is 0 Å². The normalized spacial score (nSPS) is 18.1. The Balaban J connectivity index is 1.46. The fraction of sp³-hybridized carbons (Fsp3) is 0.355. The smallest absolute Gasteiger partial charge is 0.245 e. The number of hydrogen-bond acceptors (Lipinski definition) is 7. The number of hydrogen-bond donors (Lipinski definition) is 2. The lowest BCUT2D eigenvalue weighted by Gasteiger charge is -2.28. The maximum atomic E-state index is 13.7. The van der Waals surface area contributed by atoms with Gasteiger partial charge in [-0.05, 0) is 87.6 Å². The zero-order valence-electron chi connectivity index (χ0n) is 22.9. The summed E-state index contributed by atoms with van der Waals surface area (Å²) in [6.07, 6.45) is 3.96. The number of anilines is 1. The molecule has 2 N–H and O–H groups in total. The zero-order valence-corrected chi connectivity index (χ0v) is 23.7. The second-order valence-electron chi connectivity index (χ2n) is 10.5. The fourth-order valence-corrected chi connectivity index (χ4v) is 5.46. The number of ketones is 1. The zero-order chi connectivity index (χ0) is 28.9. The second kappa shape index (κ2) is 12.5. The van der Waals surface area contributed by atoms with Gasteiger partial charge in [-0.2, -0.15) is 5.26 Å². The van der Waals surface area contributed by atoms with Gasteiger partial charge in [-0.3, -0.25) is 14.4 Å². The largest absolute Gasteiger partial charge is 0.461 e. The van der Waals surface area contributed by atoms with Crippen LogP contribution in [-0.4, -0.2) is 59.6 Å². The number of amides is 2. The van der Waals surface area contributed by atoms with Crippen LogP contribution < -0.4 is 10.6 Å². The number of furan rings is 1. The summed E-state index contributed by atoms with van der Waals surface area (Å²) in [5.74, 6) is 0.0881. The first-order valence-electron chi connectivity index (χ1n) is 13.9. The van der Waals surface area contributed by atoms with E-state index in [-0.39, 0.29) is 35.3 Å². The van der Waals surface area contributed by atoms with Crippen LogP contribution in [-0.2, 0) is 9.59 Å². The molecule has 10 heteroatoms. The highest BCUT2D eigenvalue weighted by atomic mass is 35.5. The quantitative estimate of drug-likeness (QED) is 0.221. The number of benzene rings is 2. The van der Waals surface area contributed by atoms with Crippen molar-refractivity contribution in [2.75, 3.05) is 31.5 Å². The van der Waals surface area contributed by atoms with Crippen LogP contribution in [0, 0.1) is 18.3 Å². The van der Waals surface area contributed by atoms with Crippen LogP contribution in [0.5, 0.6) is 0 Å². The van der Waals surface area contributed by atoms with Crippen LogP contribution in [0.1, 0.15) is 48.2 Å². The molecular weight excluding hydrogens is 542 g/mol. The minimum Gasteiger partial charge on any atom is -0.461 e. The van der Waals surface area contributed by atoms with E-state index in [1.807, 2.05) is 25.1 Å². The molecule has 2 saturated heterocycles. The summed E-state index contributed by atoms with van der Waals surface area (Å²) in [6, 6.07) is 14.9. The van der Waals surface area contributed by atoms with Crippen LogP contribution in [0.4, 0.5) is 5.69 Å². The molecule has 0 spiro atoms. The van der Waals surface area contributed by atoms with Gasteiger partial charge in [0.05, 0.1) is 6.54 Å². The van der Waals surface area contributed by atoms with Crippen molar-refractivity contribution < 1.29 is 18.8 Å². The number of nitriles is 1. The summed E-state index contributed by atoms with van der Waals surface area (Å²) in [5, 5.41) is 17.9. The molecular formula is C31H32ClN5O4. The van der Waals surface area contributed by atoms with Gasteiger partial charge >= 0.3 is 0 Å². The van der Waals surface area contributed by atoms with Crippen LogP contribution >= 0.6 is 11.6 Å². The fourth-order valence-electron chi connectivity index (χ4n) is 5.33. The van der Waals surface area contributed by atoms with Gasteiger partial charge in [0.1, 0.15) is 34.8 Å². The molecule has 1 aromatic heterocycles. The molecule has 0 saturated carbocycles. The minimum atomic E-state index is -0.729. The lowest BCUT2D eigenvalue weighted by molar-refractivity contribution is -0.140. The monoisotopic (exact) mass is 573 g/mol. The lowest BCUT2D eigenvalue weighted by atomic mass is 10.0. The highest BCUT2D eigenvalue weighted by molar-refractivity contribution is 6.30. The Bertz CT molecular complexity index is 1530. The van der Waals surface area contributed by atoms with Crippen molar-refractivity contribution in [2.45, 2.75) is 45.1 Å². The Kier molecular flexibility index (Phi) is 8.60. The Labute approximate surface area is 243 Å². The molecule has 0 radical (unpaired) electrons. The Morgan fingerprint density at radius 2 is 1.78 bits per heavy atom. The summed E-state index contributed by atoms with van der Waals surface area (Å²) in [7, 11) is 0. The number of allylic oxidation sites excluding steroid dienone is 1. The first-order valence-corrected chi connectivity index (χ1v) is 14.2. The van der Waals surface area contributed by atoms with E-state index in [9.17, 15) is 19.6 Å². The van der Waals surface area contributed by atoms with Crippen molar-refractivity contribution in [3.8, 4) is 6.07 Å². The molecule has 41 heavy (non-hydrogen) atoms. The average molecular weight is 574 g/mol. The molecule has 0 bridgehead atoms. The molecule has 0 aliphatic carbocycles. The molecule has 3 heterocycles. The molecule has 2 aliphatic rings. The third-order valence-corrected chi connectivity index (χ3v) is 7.74. The molecule has 2 fully saturated rings. The highest BCUT2D eigenvalue weighted by Crippen LogP contribution is 2.25. The van der Waals surface area contributed by atoms with E-state index in [1.54, 1.807) is 46.2 Å². The molecule has 0 unspecified atom stereocenters. The number of halogens is 1. The van der Waals surface area contributed by atoms with Crippen molar-refractivity contribution in [3.05, 3.63) is 76.3 Å². The number of carbonyl (C=O) groups excluding carboxylic acids is 3. The number of rotatable bonds is 8. The highest BCUT2D eigenvalue weighted by Gasteiger charge is 2.31. The maximum Gasteiger partial charge on any atom is 0.245 e. The average Bonchev–Trinajstić information content (AvgIpc) is 3.59. The number of nitrogens with one attached hydrogen (secondary N) is 2. The Morgan fingerprint density at radius 1 is 1.05 bits per heavy atom. The number of Topliss-reactive ketones (excluding diaryl/α,β-unsaturated/α-hetero) is 1. The number of carbonyl (C=O) groups is 3. The maximum absolute atomic E-state index is 13.7. The van der Waals surface area contributed by atoms with Gasteiger partial charge in [0.15, 0.2) is 0 Å². The van der Waals surface area contributed by atoms with E-state index in [2.05, 4.69) is 10.6 Å². The second-order valence-corrected chi connectivity index (χ2v) is 10.9. The van der Waals surface area contributed by atoms with Gasteiger partial charge in [-0.1, -0.05) is 11.6 Å². The first kappa shape index (κ1) is 28.2. The molecule has 3 aromatic rings. The van der Waals surface area contributed by atoms with Crippen molar-refractivity contribution in [1.29, 1.82) is 5.26 Å². The molecule has 2 aliphatic heterocycles. The van der Waals surface area contributed by atoms with E-state index < -0.39 is 11.8 Å². The third kappa shape index (κ3) is 6.55. The first-order chi connectivity index (χ1) is 19.8. The van der Waals surface area contributed by atoms with Gasteiger partial charge in [0.25, 0.3) is 0 Å². The van der Waals surface area contributed by atoms with E-state index in [0.717, 1.165) is 49.9 Å². The van der Waals surface area contributed by atoms with Gasteiger partial charge in [0.2, 0.25) is 17.6 Å². The van der Waals surface area contributed by atoms with Gasteiger partial charge in [0, 0.05) is 41.3 Å². The molecule has 2 aromatic carbocycles. The number of nitrogens with zero attached hydrogens (tertiary/aromatic N) is 3. The van der Waals surface area contributed by atoms with E-state index in [4.69, 9.17) is 16.0 Å². The summed E-state index contributed by atoms with van der Waals surface area (Å²) in [6.45, 7) is 3.80. The number of aryl methyl sites for hydroxylation is 1. The molecule has 9 nitrogen and oxygen atoms in total. The predicted octanol–water partition coefficient (Wildman–Crippen LogP) is 5.02. The minimum absolute atomic E-state index is 0.0226.